The molecule has 2 heterocycles. The fourth-order valence-electron chi connectivity index (χ4n) is 2.84. The summed E-state index contributed by atoms with van der Waals surface area (Å²) in [5.41, 5.74) is 0.858. The summed E-state index contributed by atoms with van der Waals surface area (Å²) in [4.78, 5) is 15.7. The van der Waals surface area contributed by atoms with Gasteiger partial charge in [0.05, 0.1) is 6.04 Å². The van der Waals surface area contributed by atoms with Crippen LogP contribution in [0.3, 0.4) is 0 Å². The number of carbonyl (C=O) groups is 1. The van der Waals surface area contributed by atoms with Crippen LogP contribution >= 0.6 is 11.3 Å². The second kappa shape index (κ2) is 7.03. The molecule has 2 aromatic rings. The predicted molar refractivity (Wildman–Crippen MR) is 86.4 cm³/mol. The Kier molecular flexibility index (Phi) is 4.85. The number of rotatable bonds is 4. The first-order valence-electron chi connectivity index (χ1n) is 7.52. The lowest BCUT2D eigenvalue weighted by molar-refractivity contribution is -0.134. The lowest BCUT2D eigenvalue weighted by Crippen LogP contribution is -2.48. The fraction of sp³-hybridized carbons (Fsp3) is 0.353. The number of hydrogen-bond donors (Lipinski definition) is 1. The second-order valence-electron chi connectivity index (χ2n) is 5.44. The van der Waals surface area contributed by atoms with E-state index in [9.17, 15) is 9.18 Å². The van der Waals surface area contributed by atoms with Crippen LogP contribution in [0.2, 0.25) is 0 Å². The Balaban J connectivity index is 1.70. The second-order valence-corrected chi connectivity index (χ2v) is 6.47. The van der Waals surface area contributed by atoms with Crippen LogP contribution < -0.4 is 5.32 Å². The Morgan fingerprint density at radius 3 is 3.05 bits per heavy atom. The summed E-state index contributed by atoms with van der Waals surface area (Å²) in [6.45, 7) is 2.13. The highest BCUT2D eigenvalue weighted by atomic mass is 32.1. The third-order valence-electron chi connectivity index (χ3n) is 3.96. The van der Waals surface area contributed by atoms with Crippen molar-refractivity contribution >= 4 is 17.2 Å². The maximum atomic E-state index is 13.5. The molecule has 1 saturated heterocycles. The molecule has 1 aromatic carbocycles. The van der Waals surface area contributed by atoms with Gasteiger partial charge in [-0.3, -0.25) is 4.79 Å². The number of benzene rings is 1. The average molecular weight is 318 g/mol. The fourth-order valence-corrected chi connectivity index (χ4v) is 3.55. The molecular weight excluding hydrogens is 299 g/mol. The molecule has 1 amide bonds. The van der Waals surface area contributed by atoms with Crippen LogP contribution in [0, 0.1) is 5.82 Å². The van der Waals surface area contributed by atoms with Gasteiger partial charge in [0.1, 0.15) is 5.82 Å². The molecule has 0 aliphatic carbocycles. The normalized spacial score (nSPS) is 18.4. The van der Waals surface area contributed by atoms with Gasteiger partial charge in [-0.25, -0.2) is 4.39 Å². The van der Waals surface area contributed by atoms with E-state index >= 15 is 0 Å². The van der Waals surface area contributed by atoms with E-state index in [-0.39, 0.29) is 17.8 Å². The lowest BCUT2D eigenvalue weighted by atomic mass is 10.0. The number of nitrogens with one attached hydrogen (secondary N) is 1. The summed E-state index contributed by atoms with van der Waals surface area (Å²) >= 11 is 1.68. The van der Waals surface area contributed by atoms with E-state index < -0.39 is 0 Å². The Hall–Kier alpha value is -1.72. The smallest absolute Gasteiger partial charge is 0.223 e. The van der Waals surface area contributed by atoms with Gasteiger partial charge in [-0.15, -0.1) is 11.3 Å². The molecule has 0 radical (unpaired) electrons. The highest BCUT2D eigenvalue weighted by Gasteiger charge is 2.27. The van der Waals surface area contributed by atoms with Gasteiger partial charge in [0.25, 0.3) is 0 Å². The molecule has 0 spiro atoms. The van der Waals surface area contributed by atoms with Crippen LogP contribution in [0.4, 0.5) is 4.39 Å². The average Bonchev–Trinajstić information content (AvgIpc) is 3.06. The molecule has 5 heteroatoms. The van der Waals surface area contributed by atoms with Crippen LogP contribution in [0.15, 0.2) is 41.8 Å². The minimum atomic E-state index is -0.256. The summed E-state index contributed by atoms with van der Waals surface area (Å²) < 4.78 is 13.5. The zero-order valence-corrected chi connectivity index (χ0v) is 13.1. The third kappa shape index (κ3) is 3.54. The monoisotopic (exact) mass is 318 g/mol. The molecule has 22 heavy (non-hydrogen) atoms. The number of aryl methyl sites for hydroxylation is 1. The van der Waals surface area contributed by atoms with Crippen molar-refractivity contribution in [3.8, 4) is 0 Å². The van der Waals surface area contributed by atoms with Crippen molar-refractivity contribution in [3.63, 3.8) is 0 Å². The number of carbonyl (C=O) groups excluding carboxylic acids is 1. The minimum absolute atomic E-state index is 0.0831. The molecular formula is C17H19FN2OS. The van der Waals surface area contributed by atoms with Gasteiger partial charge in [0, 0.05) is 30.9 Å². The quantitative estimate of drug-likeness (QED) is 0.940. The first-order valence-corrected chi connectivity index (χ1v) is 8.40. The van der Waals surface area contributed by atoms with Crippen LogP contribution in [0.5, 0.6) is 0 Å². The van der Waals surface area contributed by atoms with Crippen LogP contribution in [0.25, 0.3) is 0 Å². The molecule has 3 rings (SSSR count). The molecule has 1 fully saturated rings. The maximum Gasteiger partial charge on any atom is 0.223 e. The van der Waals surface area contributed by atoms with E-state index in [4.69, 9.17) is 0 Å². The number of halogens is 1. The van der Waals surface area contributed by atoms with Crippen molar-refractivity contribution in [2.75, 3.05) is 19.6 Å². The Bertz CT molecular complexity index is 629. The van der Waals surface area contributed by atoms with Crippen LogP contribution in [-0.2, 0) is 11.2 Å². The molecule has 1 atom stereocenters. The zero-order chi connectivity index (χ0) is 15.4. The number of amides is 1. The van der Waals surface area contributed by atoms with Crippen molar-refractivity contribution < 1.29 is 9.18 Å². The van der Waals surface area contributed by atoms with E-state index in [1.807, 2.05) is 22.4 Å². The van der Waals surface area contributed by atoms with Gasteiger partial charge in [-0.1, -0.05) is 18.2 Å². The van der Waals surface area contributed by atoms with E-state index in [1.165, 1.54) is 17.0 Å². The van der Waals surface area contributed by atoms with Crippen LogP contribution in [-0.4, -0.2) is 30.4 Å². The van der Waals surface area contributed by atoms with E-state index in [0.29, 0.717) is 19.5 Å². The number of hydrogen-bond acceptors (Lipinski definition) is 3. The highest BCUT2D eigenvalue weighted by Crippen LogP contribution is 2.24. The maximum absolute atomic E-state index is 13.5. The van der Waals surface area contributed by atoms with Gasteiger partial charge in [0.15, 0.2) is 0 Å². The molecule has 0 bridgehead atoms. The van der Waals surface area contributed by atoms with E-state index in [2.05, 4.69) is 11.4 Å². The molecule has 0 saturated carbocycles. The lowest BCUT2D eigenvalue weighted by Gasteiger charge is -2.36. The van der Waals surface area contributed by atoms with Crippen molar-refractivity contribution in [2.24, 2.45) is 0 Å². The number of piperazine rings is 1. The van der Waals surface area contributed by atoms with Crippen LogP contribution in [0.1, 0.15) is 22.9 Å². The van der Waals surface area contributed by atoms with E-state index in [0.717, 1.165) is 18.5 Å². The summed E-state index contributed by atoms with van der Waals surface area (Å²) in [5, 5.41) is 5.32. The van der Waals surface area contributed by atoms with Gasteiger partial charge < -0.3 is 10.2 Å². The number of thiophene rings is 1. The van der Waals surface area contributed by atoms with Gasteiger partial charge in [-0.2, -0.15) is 0 Å². The summed E-state index contributed by atoms with van der Waals surface area (Å²) in [6, 6.07) is 10.5. The minimum Gasteiger partial charge on any atom is -0.333 e. The molecule has 1 aliphatic heterocycles. The molecule has 1 aromatic heterocycles. The van der Waals surface area contributed by atoms with Crippen molar-refractivity contribution in [3.05, 3.63) is 58.0 Å². The van der Waals surface area contributed by atoms with Crippen molar-refractivity contribution in [2.45, 2.75) is 18.9 Å². The van der Waals surface area contributed by atoms with E-state index in [1.54, 1.807) is 17.4 Å². The van der Waals surface area contributed by atoms with Gasteiger partial charge in [0.2, 0.25) is 5.91 Å². The predicted octanol–water partition coefficient (Wildman–Crippen LogP) is 2.99. The van der Waals surface area contributed by atoms with Gasteiger partial charge >= 0.3 is 0 Å². The molecule has 1 aliphatic rings. The summed E-state index contributed by atoms with van der Waals surface area (Å²) in [7, 11) is 0. The van der Waals surface area contributed by atoms with Crippen molar-refractivity contribution in [1.82, 2.24) is 10.2 Å². The van der Waals surface area contributed by atoms with Gasteiger partial charge in [-0.05, 0) is 35.6 Å². The van der Waals surface area contributed by atoms with Crippen molar-refractivity contribution in [1.29, 1.82) is 0 Å². The zero-order valence-electron chi connectivity index (χ0n) is 12.3. The Morgan fingerprint density at radius 1 is 1.36 bits per heavy atom. The molecule has 116 valence electrons. The Morgan fingerprint density at radius 2 is 2.27 bits per heavy atom. The third-order valence-corrected chi connectivity index (χ3v) is 4.90. The largest absolute Gasteiger partial charge is 0.333 e. The molecule has 3 nitrogen and oxygen atoms in total. The standard InChI is InChI=1S/C17H19FN2OS/c18-14-4-1-3-13(11-14)16-12-19-8-9-20(16)17(21)7-6-15-5-2-10-22-15/h1-5,10-11,16,19H,6-9,12H2. The topological polar surface area (TPSA) is 32.3 Å². The summed E-state index contributed by atoms with van der Waals surface area (Å²) in [6.07, 6.45) is 1.28. The first-order chi connectivity index (χ1) is 10.7. The Labute approximate surface area is 133 Å². The highest BCUT2D eigenvalue weighted by molar-refractivity contribution is 7.09. The summed E-state index contributed by atoms with van der Waals surface area (Å²) in [5.74, 6) is -0.113. The molecule has 1 unspecified atom stereocenters. The molecule has 1 N–H and O–H groups in total. The first kappa shape index (κ1) is 15.2. The number of nitrogens with zero attached hydrogens (tertiary/aromatic N) is 1. The SMILES string of the molecule is O=C(CCc1cccs1)N1CCNCC1c1cccc(F)c1.